The highest BCUT2D eigenvalue weighted by Gasteiger charge is 2.17. The van der Waals surface area contributed by atoms with E-state index in [1.165, 1.54) is 18.6 Å². The van der Waals surface area contributed by atoms with Gasteiger partial charge in [-0.15, -0.1) is 0 Å². The SMILES string of the molecule is CCc1ccc(-c2ccc([N+](=O)[O-])c(C(C)=O)c2)cc1. The fraction of sp³-hybridized carbons (Fsp3) is 0.188. The Labute approximate surface area is 117 Å². The Hall–Kier alpha value is -2.49. The number of hydrogen-bond acceptors (Lipinski definition) is 3. The third-order valence-corrected chi connectivity index (χ3v) is 3.27. The molecular weight excluding hydrogens is 254 g/mol. The maximum Gasteiger partial charge on any atom is 0.280 e. The normalized spacial score (nSPS) is 10.3. The largest absolute Gasteiger partial charge is 0.294 e. The van der Waals surface area contributed by atoms with Gasteiger partial charge in [0.15, 0.2) is 5.78 Å². The smallest absolute Gasteiger partial charge is 0.280 e. The van der Waals surface area contributed by atoms with Crippen LogP contribution in [-0.4, -0.2) is 10.7 Å². The minimum atomic E-state index is -0.527. The molecule has 0 N–H and O–H groups in total. The Balaban J connectivity index is 2.49. The molecule has 0 aliphatic heterocycles. The molecule has 0 bridgehead atoms. The summed E-state index contributed by atoms with van der Waals surface area (Å²) in [4.78, 5) is 21.9. The lowest BCUT2D eigenvalue weighted by molar-refractivity contribution is -0.385. The van der Waals surface area contributed by atoms with Crippen LogP contribution in [0, 0.1) is 10.1 Å². The van der Waals surface area contributed by atoms with E-state index in [0.717, 1.165) is 17.5 Å². The fourth-order valence-corrected chi connectivity index (χ4v) is 2.09. The average molecular weight is 269 g/mol. The number of aryl methyl sites for hydroxylation is 1. The predicted molar refractivity (Wildman–Crippen MR) is 77.9 cm³/mol. The second-order valence-electron chi connectivity index (χ2n) is 4.60. The molecule has 0 aliphatic rings. The Morgan fingerprint density at radius 1 is 1.10 bits per heavy atom. The van der Waals surface area contributed by atoms with Gasteiger partial charge in [-0.25, -0.2) is 0 Å². The lowest BCUT2D eigenvalue weighted by Crippen LogP contribution is -2.00. The first-order valence-electron chi connectivity index (χ1n) is 6.41. The van der Waals surface area contributed by atoms with E-state index in [9.17, 15) is 14.9 Å². The van der Waals surface area contributed by atoms with Crippen molar-refractivity contribution in [1.29, 1.82) is 0 Å². The summed E-state index contributed by atoms with van der Waals surface area (Å²) in [5.74, 6) is -0.302. The number of carbonyl (C=O) groups excluding carboxylic acids is 1. The Morgan fingerprint density at radius 3 is 2.20 bits per heavy atom. The van der Waals surface area contributed by atoms with Gasteiger partial charge in [0.1, 0.15) is 0 Å². The van der Waals surface area contributed by atoms with E-state index < -0.39 is 4.92 Å². The summed E-state index contributed by atoms with van der Waals surface area (Å²) in [7, 11) is 0. The number of ketones is 1. The van der Waals surface area contributed by atoms with Gasteiger partial charge in [0, 0.05) is 6.07 Å². The van der Waals surface area contributed by atoms with Crippen LogP contribution < -0.4 is 0 Å². The van der Waals surface area contributed by atoms with Crippen molar-refractivity contribution in [2.75, 3.05) is 0 Å². The van der Waals surface area contributed by atoms with Crippen molar-refractivity contribution >= 4 is 11.5 Å². The summed E-state index contributed by atoms with van der Waals surface area (Å²) in [5.41, 5.74) is 2.98. The number of rotatable bonds is 4. The molecule has 0 aliphatic carbocycles. The van der Waals surface area contributed by atoms with Crippen molar-refractivity contribution in [3.63, 3.8) is 0 Å². The molecule has 20 heavy (non-hydrogen) atoms. The molecule has 4 heteroatoms. The van der Waals surface area contributed by atoms with E-state index in [-0.39, 0.29) is 17.0 Å². The summed E-state index contributed by atoms with van der Waals surface area (Å²) in [5, 5.41) is 10.9. The van der Waals surface area contributed by atoms with Crippen LogP contribution in [0.4, 0.5) is 5.69 Å². The van der Waals surface area contributed by atoms with Gasteiger partial charge < -0.3 is 0 Å². The summed E-state index contributed by atoms with van der Waals surface area (Å²) in [6, 6.07) is 12.6. The van der Waals surface area contributed by atoms with Crippen LogP contribution in [0.2, 0.25) is 0 Å². The molecule has 2 aromatic carbocycles. The summed E-state index contributed by atoms with van der Waals surface area (Å²) >= 11 is 0. The Bertz CT molecular complexity index is 660. The molecule has 0 saturated carbocycles. The monoisotopic (exact) mass is 269 g/mol. The van der Waals surface area contributed by atoms with E-state index in [4.69, 9.17) is 0 Å². The second kappa shape index (κ2) is 5.65. The highest BCUT2D eigenvalue weighted by molar-refractivity contribution is 5.99. The Kier molecular flexibility index (Phi) is 3.94. The molecule has 0 saturated heterocycles. The zero-order valence-corrected chi connectivity index (χ0v) is 11.4. The van der Waals surface area contributed by atoms with Crippen molar-refractivity contribution in [3.05, 3.63) is 63.7 Å². The van der Waals surface area contributed by atoms with E-state index in [2.05, 4.69) is 6.92 Å². The van der Waals surface area contributed by atoms with Crippen LogP contribution in [0.25, 0.3) is 11.1 Å². The first-order chi connectivity index (χ1) is 9.52. The molecule has 102 valence electrons. The summed E-state index contributed by atoms with van der Waals surface area (Å²) in [6.45, 7) is 3.42. The van der Waals surface area contributed by atoms with Crippen molar-refractivity contribution in [3.8, 4) is 11.1 Å². The summed E-state index contributed by atoms with van der Waals surface area (Å²) in [6.07, 6.45) is 0.958. The van der Waals surface area contributed by atoms with Crippen molar-refractivity contribution < 1.29 is 9.72 Å². The average Bonchev–Trinajstić information content (AvgIpc) is 2.46. The molecule has 0 fully saturated rings. The molecule has 2 rings (SSSR count). The van der Waals surface area contributed by atoms with Crippen LogP contribution in [0.3, 0.4) is 0 Å². The fourth-order valence-electron chi connectivity index (χ4n) is 2.09. The Morgan fingerprint density at radius 2 is 1.70 bits per heavy atom. The molecule has 0 unspecified atom stereocenters. The number of Topliss-reactive ketones (excluding diaryl/α,β-unsaturated/α-hetero) is 1. The molecule has 4 nitrogen and oxygen atoms in total. The van der Waals surface area contributed by atoms with Crippen molar-refractivity contribution in [2.45, 2.75) is 20.3 Å². The second-order valence-corrected chi connectivity index (χ2v) is 4.60. The quantitative estimate of drug-likeness (QED) is 0.478. The number of nitro groups is 1. The third-order valence-electron chi connectivity index (χ3n) is 3.27. The van der Waals surface area contributed by atoms with Crippen LogP contribution in [0.15, 0.2) is 42.5 Å². The standard InChI is InChI=1S/C16H15NO3/c1-3-12-4-6-13(7-5-12)14-8-9-16(17(19)20)15(10-14)11(2)18/h4-10H,3H2,1-2H3. The number of carbonyl (C=O) groups is 1. The van der Waals surface area contributed by atoms with Gasteiger partial charge >= 0.3 is 0 Å². The topological polar surface area (TPSA) is 60.2 Å². The highest BCUT2D eigenvalue weighted by Crippen LogP contribution is 2.27. The minimum Gasteiger partial charge on any atom is -0.294 e. The van der Waals surface area contributed by atoms with Crippen LogP contribution >= 0.6 is 0 Å². The minimum absolute atomic E-state index is 0.145. The van der Waals surface area contributed by atoms with Crippen molar-refractivity contribution in [1.82, 2.24) is 0 Å². The first-order valence-corrected chi connectivity index (χ1v) is 6.41. The molecule has 0 radical (unpaired) electrons. The van der Waals surface area contributed by atoms with E-state index in [1.54, 1.807) is 12.1 Å². The molecule has 0 amide bonds. The molecule has 0 spiro atoms. The zero-order valence-electron chi connectivity index (χ0n) is 11.4. The van der Waals surface area contributed by atoms with E-state index in [1.807, 2.05) is 24.3 Å². The molecule has 2 aromatic rings. The lowest BCUT2D eigenvalue weighted by Gasteiger charge is -2.06. The number of nitrogens with zero attached hydrogens (tertiary/aromatic N) is 1. The highest BCUT2D eigenvalue weighted by atomic mass is 16.6. The molecule has 0 aromatic heterocycles. The van der Waals surface area contributed by atoms with Gasteiger partial charge in [0.2, 0.25) is 0 Å². The molecule has 0 atom stereocenters. The number of nitro benzene ring substituents is 1. The number of hydrogen-bond donors (Lipinski definition) is 0. The van der Waals surface area contributed by atoms with Gasteiger partial charge in [0.25, 0.3) is 5.69 Å². The molecular formula is C16H15NO3. The zero-order chi connectivity index (χ0) is 14.7. The van der Waals surface area contributed by atoms with E-state index in [0.29, 0.717) is 0 Å². The van der Waals surface area contributed by atoms with Gasteiger partial charge in [-0.2, -0.15) is 0 Å². The third kappa shape index (κ3) is 2.74. The van der Waals surface area contributed by atoms with Gasteiger partial charge in [-0.1, -0.05) is 31.2 Å². The predicted octanol–water partition coefficient (Wildman–Crippen LogP) is 4.03. The van der Waals surface area contributed by atoms with Gasteiger partial charge in [-0.05, 0) is 42.2 Å². The summed E-state index contributed by atoms with van der Waals surface area (Å²) < 4.78 is 0. The maximum absolute atomic E-state index is 11.6. The maximum atomic E-state index is 11.6. The van der Waals surface area contributed by atoms with Crippen molar-refractivity contribution in [2.24, 2.45) is 0 Å². The van der Waals surface area contributed by atoms with Crippen LogP contribution in [0.5, 0.6) is 0 Å². The van der Waals surface area contributed by atoms with Gasteiger partial charge in [-0.3, -0.25) is 14.9 Å². The first kappa shape index (κ1) is 13.9. The number of benzene rings is 2. The lowest BCUT2D eigenvalue weighted by atomic mass is 9.99. The van der Waals surface area contributed by atoms with Crippen LogP contribution in [0.1, 0.15) is 29.8 Å². The van der Waals surface area contributed by atoms with E-state index >= 15 is 0 Å². The van der Waals surface area contributed by atoms with Gasteiger partial charge in [0.05, 0.1) is 10.5 Å². The van der Waals surface area contributed by atoms with Crippen LogP contribution in [-0.2, 0) is 6.42 Å². The molecule has 0 heterocycles.